The SMILES string of the molecule is Cc1cccc(C(=O)N2CCC(C(C)Cl)CC2)c1. The number of hydrogen-bond acceptors (Lipinski definition) is 1. The van der Waals surface area contributed by atoms with Crippen molar-refractivity contribution in [2.24, 2.45) is 5.92 Å². The number of carbonyl (C=O) groups is 1. The summed E-state index contributed by atoms with van der Waals surface area (Å²) < 4.78 is 0. The van der Waals surface area contributed by atoms with E-state index in [0.717, 1.165) is 37.1 Å². The lowest BCUT2D eigenvalue weighted by Crippen LogP contribution is -2.40. The van der Waals surface area contributed by atoms with E-state index in [9.17, 15) is 4.79 Å². The summed E-state index contributed by atoms with van der Waals surface area (Å²) in [5, 5.41) is 0.209. The van der Waals surface area contributed by atoms with Gasteiger partial charge in [-0.25, -0.2) is 0 Å². The third kappa shape index (κ3) is 3.05. The van der Waals surface area contributed by atoms with E-state index >= 15 is 0 Å². The molecule has 0 spiro atoms. The van der Waals surface area contributed by atoms with Gasteiger partial charge in [0.25, 0.3) is 5.91 Å². The number of likely N-dealkylation sites (tertiary alicyclic amines) is 1. The minimum atomic E-state index is 0.152. The molecule has 2 rings (SSSR count). The molecule has 0 bridgehead atoms. The Hall–Kier alpha value is -1.02. The molecule has 1 aromatic carbocycles. The van der Waals surface area contributed by atoms with Crippen LogP contribution in [0.25, 0.3) is 0 Å². The van der Waals surface area contributed by atoms with Gasteiger partial charge in [-0.3, -0.25) is 4.79 Å². The zero-order valence-corrected chi connectivity index (χ0v) is 11.8. The average molecular weight is 266 g/mol. The van der Waals surface area contributed by atoms with E-state index in [2.05, 4.69) is 0 Å². The number of hydrogen-bond donors (Lipinski definition) is 0. The van der Waals surface area contributed by atoms with Crippen LogP contribution in [0.3, 0.4) is 0 Å². The van der Waals surface area contributed by atoms with Crippen LogP contribution in [0.5, 0.6) is 0 Å². The lowest BCUT2D eigenvalue weighted by molar-refractivity contribution is 0.0690. The molecular formula is C15H20ClNO. The van der Waals surface area contributed by atoms with Crippen molar-refractivity contribution in [1.82, 2.24) is 4.90 Å². The number of alkyl halides is 1. The highest BCUT2D eigenvalue weighted by molar-refractivity contribution is 6.20. The number of benzene rings is 1. The predicted octanol–water partition coefficient (Wildman–Crippen LogP) is 3.47. The van der Waals surface area contributed by atoms with Gasteiger partial charge in [-0.2, -0.15) is 0 Å². The maximum absolute atomic E-state index is 12.3. The van der Waals surface area contributed by atoms with E-state index in [4.69, 9.17) is 11.6 Å². The van der Waals surface area contributed by atoms with Gasteiger partial charge in [0.2, 0.25) is 0 Å². The van der Waals surface area contributed by atoms with Crippen LogP contribution in [0, 0.1) is 12.8 Å². The Morgan fingerprint density at radius 2 is 2.06 bits per heavy atom. The topological polar surface area (TPSA) is 20.3 Å². The van der Waals surface area contributed by atoms with Crippen molar-refractivity contribution in [3.05, 3.63) is 35.4 Å². The summed E-state index contributed by atoms with van der Waals surface area (Å²) in [7, 11) is 0. The van der Waals surface area contributed by atoms with Crippen molar-refractivity contribution in [3.8, 4) is 0 Å². The molecule has 1 aromatic rings. The Labute approximate surface area is 114 Å². The van der Waals surface area contributed by atoms with E-state index < -0.39 is 0 Å². The van der Waals surface area contributed by atoms with E-state index in [1.54, 1.807) is 0 Å². The third-order valence-electron chi connectivity index (χ3n) is 3.74. The van der Waals surface area contributed by atoms with Gasteiger partial charge in [0.1, 0.15) is 0 Å². The summed E-state index contributed by atoms with van der Waals surface area (Å²) in [6, 6.07) is 7.80. The van der Waals surface area contributed by atoms with E-state index in [1.807, 2.05) is 43.0 Å². The van der Waals surface area contributed by atoms with Crippen LogP contribution in [0.4, 0.5) is 0 Å². The molecule has 18 heavy (non-hydrogen) atoms. The molecule has 1 unspecified atom stereocenters. The van der Waals surface area contributed by atoms with Crippen molar-refractivity contribution in [1.29, 1.82) is 0 Å². The molecule has 1 heterocycles. The highest BCUT2D eigenvalue weighted by atomic mass is 35.5. The molecule has 1 aliphatic heterocycles. The average Bonchev–Trinajstić information content (AvgIpc) is 2.38. The standard InChI is InChI=1S/C15H20ClNO/c1-11-4-3-5-14(10-11)15(18)17-8-6-13(7-9-17)12(2)16/h3-5,10,12-13H,6-9H2,1-2H3. The smallest absolute Gasteiger partial charge is 0.253 e. The van der Waals surface area contributed by atoms with Crippen LogP contribution in [0.1, 0.15) is 35.7 Å². The second-order valence-electron chi connectivity index (χ2n) is 5.18. The minimum Gasteiger partial charge on any atom is -0.339 e. The van der Waals surface area contributed by atoms with Gasteiger partial charge in [0, 0.05) is 24.0 Å². The molecule has 2 nitrogen and oxygen atoms in total. The third-order valence-corrected chi connectivity index (χ3v) is 4.10. The normalized spacial score (nSPS) is 18.7. The van der Waals surface area contributed by atoms with E-state index in [0.29, 0.717) is 5.92 Å². The number of halogens is 1. The van der Waals surface area contributed by atoms with Gasteiger partial charge in [-0.05, 0) is 44.7 Å². The molecule has 0 saturated carbocycles. The molecule has 0 N–H and O–H groups in total. The van der Waals surface area contributed by atoms with E-state index in [-0.39, 0.29) is 11.3 Å². The zero-order valence-electron chi connectivity index (χ0n) is 11.0. The molecule has 1 saturated heterocycles. The monoisotopic (exact) mass is 265 g/mol. The quantitative estimate of drug-likeness (QED) is 0.750. The second-order valence-corrected chi connectivity index (χ2v) is 5.87. The summed E-state index contributed by atoms with van der Waals surface area (Å²) in [6.07, 6.45) is 2.03. The van der Waals surface area contributed by atoms with Crippen molar-refractivity contribution in [2.45, 2.75) is 32.1 Å². The predicted molar refractivity (Wildman–Crippen MR) is 75.1 cm³/mol. The Morgan fingerprint density at radius 1 is 1.39 bits per heavy atom. The van der Waals surface area contributed by atoms with Crippen LogP contribution in [-0.2, 0) is 0 Å². The van der Waals surface area contributed by atoms with Crippen molar-refractivity contribution in [2.75, 3.05) is 13.1 Å². The maximum atomic E-state index is 12.3. The number of nitrogens with zero attached hydrogens (tertiary/aromatic N) is 1. The van der Waals surface area contributed by atoms with Gasteiger partial charge in [-0.1, -0.05) is 17.7 Å². The first-order valence-electron chi connectivity index (χ1n) is 6.58. The molecule has 1 atom stereocenters. The molecule has 0 aliphatic carbocycles. The second kappa shape index (κ2) is 5.75. The van der Waals surface area contributed by atoms with Crippen LogP contribution in [0.15, 0.2) is 24.3 Å². The molecule has 1 fully saturated rings. The number of piperidine rings is 1. The molecule has 98 valence electrons. The lowest BCUT2D eigenvalue weighted by atomic mass is 9.93. The fraction of sp³-hybridized carbons (Fsp3) is 0.533. The lowest BCUT2D eigenvalue weighted by Gasteiger charge is -2.33. The van der Waals surface area contributed by atoms with Crippen LogP contribution < -0.4 is 0 Å². The fourth-order valence-electron chi connectivity index (χ4n) is 2.52. The van der Waals surface area contributed by atoms with Crippen molar-refractivity contribution in [3.63, 3.8) is 0 Å². The van der Waals surface area contributed by atoms with Crippen molar-refractivity contribution >= 4 is 17.5 Å². The number of aryl methyl sites for hydroxylation is 1. The summed E-state index contributed by atoms with van der Waals surface area (Å²) >= 11 is 6.12. The highest BCUT2D eigenvalue weighted by Gasteiger charge is 2.25. The van der Waals surface area contributed by atoms with Gasteiger partial charge in [-0.15, -0.1) is 11.6 Å². The first kappa shape index (κ1) is 13.4. The Bertz CT molecular complexity index is 422. The first-order valence-corrected chi connectivity index (χ1v) is 7.01. The first-order chi connectivity index (χ1) is 8.58. The maximum Gasteiger partial charge on any atom is 0.253 e. The minimum absolute atomic E-state index is 0.152. The molecule has 1 amide bonds. The van der Waals surface area contributed by atoms with E-state index in [1.165, 1.54) is 0 Å². The molecule has 0 radical (unpaired) electrons. The van der Waals surface area contributed by atoms with Crippen molar-refractivity contribution < 1.29 is 4.79 Å². The molecule has 1 aliphatic rings. The number of carbonyl (C=O) groups excluding carboxylic acids is 1. The Morgan fingerprint density at radius 3 is 2.61 bits per heavy atom. The van der Waals surface area contributed by atoms with Gasteiger partial charge < -0.3 is 4.90 Å². The summed E-state index contributed by atoms with van der Waals surface area (Å²) in [5.74, 6) is 0.701. The van der Waals surface area contributed by atoms with Crippen LogP contribution in [-0.4, -0.2) is 29.3 Å². The molecular weight excluding hydrogens is 246 g/mol. The number of rotatable bonds is 2. The largest absolute Gasteiger partial charge is 0.339 e. The molecule has 3 heteroatoms. The fourth-order valence-corrected chi connectivity index (χ4v) is 2.77. The van der Waals surface area contributed by atoms with Crippen LogP contribution in [0.2, 0.25) is 0 Å². The van der Waals surface area contributed by atoms with Crippen LogP contribution >= 0.6 is 11.6 Å². The Balaban J connectivity index is 1.99. The van der Waals surface area contributed by atoms with Gasteiger partial charge >= 0.3 is 0 Å². The summed E-state index contributed by atoms with van der Waals surface area (Å²) in [6.45, 7) is 5.71. The summed E-state index contributed by atoms with van der Waals surface area (Å²) in [4.78, 5) is 14.3. The van der Waals surface area contributed by atoms with Gasteiger partial charge in [0.05, 0.1) is 0 Å². The molecule has 0 aromatic heterocycles. The zero-order chi connectivity index (χ0) is 13.1. The number of amides is 1. The highest BCUT2D eigenvalue weighted by Crippen LogP contribution is 2.24. The Kier molecular flexibility index (Phi) is 4.28. The summed E-state index contributed by atoms with van der Waals surface area (Å²) in [5.41, 5.74) is 1.93. The van der Waals surface area contributed by atoms with Gasteiger partial charge in [0.15, 0.2) is 0 Å².